The third kappa shape index (κ3) is 4.33. The van der Waals surface area contributed by atoms with Crippen molar-refractivity contribution in [3.63, 3.8) is 0 Å². The van der Waals surface area contributed by atoms with Gasteiger partial charge in [-0.2, -0.15) is 4.31 Å². The van der Waals surface area contributed by atoms with E-state index in [0.717, 1.165) is 22.0 Å². The lowest BCUT2D eigenvalue weighted by atomic mass is 10.1. The minimum absolute atomic E-state index is 0.0612. The van der Waals surface area contributed by atoms with E-state index in [1.165, 1.54) is 4.31 Å². The van der Waals surface area contributed by atoms with Crippen molar-refractivity contribution in [1.82, 2.24) is 9.29 Å². The van der Waals surface area contributed by atoms with Gasteiger partial charge in [0.15, 0.2) is 0 Å². The van der Waals surface area contributed by atoms with Crippen molar-refractivity contribution in [1.29, 1.82) is 0 Å². The van der Waals surface area contributed by atoms with E-state index in [-0.39, 0.29) is 36.6 Å². The second kappa shape index (κ2) is 8.71. The lowest BCUT2D eigenvalue weighted by Crippen LogP contribution is -2.35. The number of hydrogen-bond donors (Lipinski definition) is 2. The van der Waals surface area contributed by atoms with Gasteiger partial charge in [-0.05, 0) is 62.3 Å². The number of aryl methyl sites for hydroxylation is 4. The molecule has 0 aliphatic rings. The van der Waals surface area contributed by atoms with Crippen LogP contribution < -0.4 is 5.56 Å². The molecule has 0 amide bonds. The quantitative estimate of drug-likeness (QED) is 0.604. The zero-order valence-electron chi connectivity index (χ0n) is 17.8. The molecule has 7 heteroatoms. The Kier molecular flexibility index (Phi) is 6.45. The topological polar surface area (TPSA) is 90.5 Å². The van der Waals surface area contributed by atoms with E-state index in [2.05, 4.69) is 4.98 Å². The number of H-pyrrole nitrogens is 1. The number of nitrogens with one attached hydrogen (secondary N) is 1. The van der Waals surface area contributed by atoms with Gasteiger partial charge in [0.1, 0.15) is 0 Å². The van der Waals surface area contributed by atoms with Gasteiger partial charge in [-0.3, -0.25) is 4.79 Å². The van der Waals surface area contributed by atoms with Gasteiger partial charge < -0.3 is 10.1 Å². The third-order valence-corrected chi connectivity index (χ3v) is 7.43. The van der Waals surface area contributed by atoms with Crippen LogP contribution in [-0.4, -0.2) is 36.0 Å². The normalized spacial score (nSPS) is 12.1. The maximum Gasteiger partial charge on any atom is 0.252 e. The highest BCUT2D eigenvalue weighted by Crippen LogP contribution is 2.27. The lowest BCUT2D eigenvalue weighted by Gasteiger charge is -2.24. The summed E-state index contributed by atoms with van der Waals surface area (Å²) in [4.78, 5) is 15.9. The summed E-state index contributed by atoms with van der Waals surface area (Å²) < 4.78 is 28.4. The van der Waals surface area contributed by atoms with Gasteiger partial charge in [0, 0.05) is 25.3 Å². The predicted octanol–water partition coefficient (Wildman–Crippen LogP) is 3.34. The van der Waals surface area contributed by atoms with E-state index in [9.17, 15) is 18.3 Å². The lowest BCUT2D eigenvalue weighted by molar-refractivity contribution is 0.267. The minimum Gasteiger partial charge on any atom is -0.396 e. The van der Waals surface area contributed by atoms with Gasteiger partial charge in [0.05, 0.1) is 10.4 Å². The fraction of sp³-hybridized carbons (Fsp3) is 0.348. The minimum atomic E-state index is -3.86. The number of fused-ring (bicyclic) bond motifs is 1. The van der Waals surface area contributed by atoms with E-state index < -0.39 is 10.0 Å². The molecule has 2 aromatic carbocycles. The van der Waals surface area contributed by atoms with Crippen LogP contribution in [0.5, 0.6) is 0 Å². The Balaban J connectivity index is 2.09. The van der Waals surface area contributed by atoms with Crippen LogP contribution in [0.25, 0.3) is 10.9 Å². The molecule has 30 heavy (non-hydrogen) atoms. The molecule has 3 aromatic rings. The fourth-order valence-electron chi connectivity index (χ4n) is 3.97. The molecule has 0 spiro atoms. The van der Waals surface area contributed by atoms with Crippen LogP contribution in [0, 0.1) is 27.7 Å². The second-order valence-corrected chi connectivity index (χ2v) is 9.68. The van der Waals surface area contributed by atoms with Crippen molar-refractivity contribution in [2.45, 2.75) is 45.6 Å². The highest BCUT2D eigenvalue weighted by molar-refractivity contribution is 7.89. The van der Waals surface area contributed by atoms with Crippen LogP contribution in [-0.2, 0) is 16.6 Å². The first-order valence-corrected chi connectivity index (χ1v) is 11.4. The third-order valence-electron chi connectivity index (χ3n) is 5.28. The van der Waals surface area contributed by atoms with Gasteiger partial charge in [-0.15, -0.1) is 0 Å². The van der Waals surface area contributed by atoms with Gasteiger partial charge in [-0.25, -0.2) is 8.42 Å². The Labute approximate surface area is 177 Å². The van der Waals surface area contributed by atoms with Crippen LogP contribution in [0.1, 0.15) is 34.2 Å². The molecule has 2 N–H and O–H groups in total. The number of benzene rings is 2. The number of para-hydroxylation sites is 1. The van der Waals surface area contributed by atoms with Crippen molar-refractivity contribution in [3.05, 3.63) is 74.6 Å². The first kappa shape index (κ1) is 22.2. The number of sulfonamides is 1. The van der Waals surface area contributed by atoms with E-state index in [1.807, 2.05) is 44.2 Å². The molecule has 0 bridgehead atoms. The summed E-state index contributed by atoms with van der Waals surface area (Å²) in [5.41, 5.74) is 4.10. The first-order valence-electron chi connectivity index (χ1n) is 9.95. The largest absolute Gasteiger partial charge is 0.396 e. The summed E-state index contributed by atoms with van der Waals surface area (Å²) in [7, 11) is -3.86. The molecular formula is C23H28N2O4S. The molecule has 1 aromatic heterocycles. The second-order valence-electron chi connectivity index (χ2n) is 7.81. The maximum atomic E-state index is 13.6. The summed E-state index contributed by atoms with van der Waals surface area (Å²) >= 11 is 0. The molecule has 0 aliphatic heterocycles. The van der Waals surface area contributed by atoms with Crippen molar-refractivity contribution in [2.24, 2.45) is 0 Å². The van der Waals surface area contributed by atoms with Crippen LogP contribution in [0.4, 0.5) is 0 Å². The fourth-order valence-corrected chi connectivity index (χ4v) is 5.84. The van der Waals surface area contributed by atoms with Crippen LogP contribution in [0.2, 0.25) is 0 Å². The number of pyridine rings is 1. The number of aromatic nitrogens is 1. The molecule has 0 saturated carbocycles. The van der Waals surface area contributed by atoms with Gasteiger partial charge in [0.2, 0.25) is 10.0 Å². The van der Waals surface area contributed by atoms with Crippen molar-refractivity contribution in [2.75, 3.05) is 13.2 Å². The molecule has 0 saturated heterocycles. The van der Waals surface area contributed by atoms with Crippen LogP contribution in [0.3, 0.4) is 0 Å². The van der Waals surface area contributed by atoms with Crippen molar-refractivity contribution < 1.29 is 13.5 Å². The molecule has 0 fully saturated rings. The van der Waals surface area contributed by atoms with Crippen molar-refractivity contribution >= 4 is 20.9 Å². The summed E-state index contributed by atoms with van der Waals surface area (Å²) in [5, 5.41) is 10.2. The monoisotopic (exact) mass is 428 g/mol. The summed E-state index contributed by atoms with van der Waals surface area (Å²) in [6.45, 7) is 7.33. The van der Waals surface area contributed by atoms with Crippen LogP contribution in [0.15, 0.2) is 46.1 Å². The predicted molar refractivity (Wildman–Crippen MR) is 119 cm³/mol. The number of aromatic amines is 1. The van der Waals surface area contributed by atoms with Gasteiger partial charge in [-0.1, -0.05) is 35.9 Å². The molecule has 0 unspecified atom stereocenters. The highest BCUT2D eigenvalue weighted by Gasteiger charge is 2.28. The summed E-state index contributed by atoms with van der Waals surface area (Å²) in [5.74, 6) is 0. The molecule has 1 heterocycles. The Morgan fingerprint density at radius 1 is 1.00 bits per heavy atom. The smallest absolute Gasteiger partial charge is 0.252 e. The Morgan fingerprint density at radius 3 is 2.30 bits per heavy atom. The molecule has 0 radical (unpaired) electrons. The molecular weight excluding hydrogens is 400 g/mol. The number of rotatable bonds is 7. The SMILES string of the molecule is Cc1cc(C)c(S(=O)(=O)N(CCCO)Cc2cc3cccc(C)c3[nH]c2=O)c(C)c1. The van der Waals surface area contributed by atoms with E-state index in [1.54, 1.807) is 19.9 Å². The number of aliphatic hydroxyl groups excluding tert-OH is 1. The highest BCUT2D eigenvalue weighted by atomic mass is 32.2. The average molecular weight is 429 g/mol. The standard InChI is InChI=1S/C23H28N2O4S/c1-15-11-17(3)22(18(4)12-15)30(28,29)25(9-6-10-26)14-20-13-19-8-5-7-16(2)21(19)24-23(20)27/h5,7-8,11-13,26H,6,9-10,14H2,1-4H3,(H,24,27). The zero-order valence-corrected chi connectivity index (χ0v) is 18.6. The molecule has 0 atom stereocenters. The summed E-state index contributed by atoms with van der Waals surface area (Å²) in [6, 6.07) is 11.1. The Bertz CT molecular complexity index is 1220. The molecule has 3 rings (SSSR count). The Morgan fingerprint density at radius 2 is 1.67 bits per heavy atom. The number of hydrogen-bond acceptors (Lipinski definition) is 4. The van der Waals surface area contributed by atoms with Gasteiger partial charge >= 0.3 is 0 Å². The summed E-state index contributed by atoms with van der Waals surface area (Å²) in [6.07, 6.45) is 0.285. The first-order chi connectivity index (χ1) is 14.1. The molecule has 0 aliphatic carbocycles. The Hall–Kier alpha value is -2.48. The maximum absolute atomic E-state index is 13.6. The molecule has 6 nitrogen and oxygen atoms in total. The van der Waals surface area contributed by atoms with E-state index in [0.29, 0.717) is 16.7 Å². The van der Waals surface area contributed by atoms with Gasteiger partial charge in [0.25, 0.3) is 5.56 Å². The molecule has 160 valence electrons. The van der Waals surface area contributed by atoms with Crippen molar-refractivity contribution in [3.8, 4) is 0 Å². The van der Waals surface area contributed by atoms with E-state index >= 15 is 0 Å². The van der Waals surface area contributed by atoms with Crippen LogP contribution >= 0.6 is 0 Å². The number of aliphatic hydroxyl groups is 1. The van der Waals surface area contributed by atoms with E-state index in [4.69, 9.17) is 0 Å². The average Bonchev–Trinajstić information content (AvgIpc) is 2.65. The number of nitrogens with zero attached hydrogens (tertiary/aromatic N) is 1. The zero-order chi connectivity index (χ0) is 22.1.